The van der Waals surface area contributed by atoms with Crippen molar-refractivity contribution in [3.05, 3.63) is 27.6 Å². The highest BCUT2D eigenvalue weighted by atomic mass is 127. The Morgan fingerprint density at radius 1 is 1.56 bits per heavy atom. The van der Waals surface area contributed by atoms with Gasteiger partial charge in [0, 0.05) is 9.77 Å². The van der Waals surface area contributed by atoms with Gasteiger partial charge in [-0.1, -0.05) is 0 Å². The third kappa shape index (κ3) is 4.78. The molecule has 0 bridgehead atoms. The van der Waals surface area contributed by atoms with Crippen molar-refractivity contribution in [2.75, 3.05) is 0 Å². The Bertz CT molecular complexity index is 374. The van der Waals surface area contributed by atoms with Gasteiger partial charge in [-0.05, 0) is 55.5 Å². The lowest BCUT2D eigenvalue weighted by Crippen LogP contribution is -2.32. The number of alkyl carbamates (subject to hydrolysis) is 1. The van der Waals surface area contributed by atoms with Crippen molar-refractivity contribution in [3.8, 4) is 0 Å². The van der Waals surface area contributed by atoms with Gasteiger partial charge in [-0.15, -0.1) is 0 Å². The maximum Gasteiger partial charge on any atom is 0.407 e. The summed E-state index contributed by atoms with van der Waals surface area (Å²) >= 11 is 2.18. The number of carbonyl (C=O) groups excluding carboxylic acids is 1. The third-order valence-electron chi connectivity index (χ3n) is 1.63. The largest absolute Gasteiger partial charge is 0.444 e. The molecular formula is C11H15IN2O2. The van der Waals surface area contributed by atoms with Crippen LogP contribution in [0, 0.1) is 3.57 Å². The first-order valence-electron chi connectivity index (χ1n) is 4.95. The molecule has 88 valence electrons. The molecule has 0 aliphatic heterocycles. The summed E-state index contributed by atoms with van der Waals surface area (Å²) < 4.78 is 6.14. The number of ether oxygens (including phenoxy) is 1. The van der Waals surface area contributed by atoms with E-state index in [2.05, 4.69) is 32.9 Å². The minimum absolute atomic E-state index is 0.383. The van der Waals surface area contributed by atoms with E-state index in [0.29, 0.717) is 6.54 Å². The predicted octanol–water partition coefficient (Wildman–Crippen LogP) is 2.71. The Morgan fingerprint density at radius 3 is 2.81 bits per heavy atom. The highest BCUT2D eigenvalue weighted by Crippen LogP contribution is 2.09. The molecular weight excluding hydrogens is 319 g/mol. The topological polar surface area (TPSA) is 51.2 Å². The Kier molecular flexibility index (Phi) is 4.52. The summed E-state index contributed by atoms with van der Waals surface area (Å²) in [5.41, 5.74) is 0.371. The molecule has 4 nitrogen and oxygen atoms in total. The SMILES string of the molecule is CC(C)(C)OC(=O)NCc1ncccc1I. The number of amides is 1. The second-order valence-electron chi connectivity index (χ2n) is 4.29. The van der Waals surface area contributed by atoms with Gasteiger partial charge in [0.1, 0.15) is 5.60 Å². The minimum atomic E-state index is -0.471. The van der Waals surface area contributed by atoms with Crippen LogP contribution >= 0.6 is 22.6 Å². The number of halogens is 1. The van der Waals surface area contributed by atoms with Gasteiger partial charge in [0.15, 0.2) is 0 Å². The Balaban J connectivity index is 2.47. The van der Waals surface area contributed by atoms with Gasteiger partial charge >= 0.3 is 6.09 Å². The summed E-state index contributed by atoms with van der Waals surface area (Å²) in [6.45, 7) is 5.87. The summed E-state index contributed by atoms with van der Waals surface area (Å²) in [4.78, 5) is 15.5. The van der Waals surface area contributed by atoms with Crippen LogP contribution in [-0.2, 0) is 11.3 Å². The molecule has 0 spiro atoms. The summed E-state index contributed by atoms with van der Waals surface area (Å²) in [6.07, 6.45) is 1.28. The van der Waals surface area contributed by atoms with Crippen molar-refractivity contribution >= 4 is 28.7 Å². The van der Waals surface area contributed by atoms with Crippen LogP contribution in [0.1, 0.15) is 26.5 Å². The normalized spacial score (nSPS) is 11.0. The summed E-state index contributed by atoms with van der Waals surface area (Å²) in [7, 11) is 0. The zero-order chi connectivity index (χ0) is 12.2. The molecule has 1 heterocycles. The molecule has 0 aliphatic rings. The van der Waals surface area contributed by atoms with E-state index in [4.69, 9.17) is 4.74 Å². The first-order chi connectivity index (χ1) is 7.38. The number of pyridine rings is 1. The number of aromatic nitrogens is 1. The van der Waals surface area contributed by atoms with Crippen molar-refractivity contribution in [1.82, 2.24) is 10.3 Å². The lowest BCUT2D eigenvalue weighted by Gasteiger charge is -2.19. The first-order valence-corrected chi connectivity index (χ1v) is 6.02. The first kappa shape index (κ1) is 13.2. The lowest BCUT2D eigenvalue weighted by molar-refractivity contribution is 0.0523. The molecule has 0 radical (unpaired) electrons. The zero-order valence-electron chi connectivity index (χ0n) is 9.58. The number of nitrogens with one attached hydrogen (secondary N) is 1. The lowest BCUT2D eigenvalue weighted by atomic mass is 10.2. The van der Waals surface area contributed by atoms with E-state index < -0.39 is 11.7 Å². The molecule has 1 N–H and O–H groups in total. The molecule has 5 heteroatoms. The van der Waals surface area contributed by atoms with E-state index in [0.717, 1.165) is 9.26 Å². The maximum absolute atomic E-state index is 11.4. The summed E-state index contributed by atoms with van der Waals surface area (Å²) in [5, 5.41) is 2.67. The average molecular weight is 334 g/mol. The van der Waals surface area contributed by atoms with Gasteiger partial charge in [-0.3, -0.25) is 4.98 Å². The molecule has 1 aromatic rings. The smallest absolute Gasteiger partial charge is 0.407 e. The fourth-order valence-electron chi connectivity index (χ4n) is 1.02. The fourth-order valence-corrected chi connectivity index (χ4v) is 1.56. The van der Waals surface area contributed by atoms with Crippen molar-refractivity contribution in [2.45, 2.75) is 32.9 Å². The van der Waals surface area contributed by atoms with Crippen molar-refractivity contribution in [1.29, 1.82) is 0 Å². The van der Waals surface area contributed by atoms with Crippen LogP contribution in [0.2, 0.25) is 0 Å². The number of carbonyl (C=O) groups is 1. The Hall–Kier alpha value is -0.850. The maximum atomic E-state index is 11.4. The molecule has 1 rings (SSSR count). The molecule has 16 heavy (non-hydrogen) atoms. The Labute approximate surface area is 109 Å². The highest BCUT2D eigenvalue weighted by molar-refractivity contribution is 14.1. The number of hydrogen-bond acceptors (Lipinski definition) is 3. The van der Waals surface area contributed by atoms with Crippen LogP contribution in [0.4, 0.5) is 4.79 Å². The van der Waals surface area contributed by atoms with Crippen LogP contribution in [0.5, 0.6) is 0 Å². The van der Waals surface area contributed by atoms with Crippen LogP contribution < -0.4 is 5.32 Å². The van der Waals surface area contributed by atoms with Gasteiger partial charge in [0.2, 0.25) is 0 Å². The standard InChI is InChI=1S/C11H15IN2O2/c1-11(2,3)16-10(15)14-7-9-8(12)5-4-6-13-9/h4-6H,7H2,1-3H3,(H,14,15). The molecule has 0 fully saturated rings. The molecule has 0 atom stereocenters. The summed E-state index contributed by atoms with van der Waals surface area (Å²) in [5.74, 6) is 0. The van der Waals surface area contributed by atoms with E-state index in [1.807, 2.05) is 32.9 Å². The second-order valence-corrected chi connectivity index (χ2v) is 5.45. The van der Waals surface area contributed by atoms with Gasteiger partial charge < -0.3 is 10.1 Å². The van der Waals surface area contributed by atoms with Crippen molar-refractivity contribution in [3.63, 3.8) is 0 Å². The van der Waals surface area contributed by atoms with Gasteiger partial charge in [0.25, 0.3) is 0 Å². The third-order valence-corrected chi connectivity index (χ3v) is 2.62. The van der Waals surface area contributed by atoms with Gasteiger partial charge in [0.05, 0.1) is 12.2 Å². The molecule has 1 aromatic heterocycles. The van der Waals surface area contributed by atoms with Crippen LogP contribution in [0.25, 0.3) is 0 Å². The number of nitrogens with zero attached hydrogens (tertiary/aromatic N) is 1. The van der Waals surface area contributed by atoms with Crippen LogP contribution in [0.3, 0.4) is 0 Å². The predicted molar refractivity (Wildman–Crippen MR) is 70.0 cm³/mol. The molecule has 0 aromatic carbocycles. The van der Waals surface area contributed by atoms with Gasteiger partial charge in [-0.2, -0.15) is 0 Å². The zero-order valence-corrected chi connectivity index (χ0v) is 11.7. The van der Waals surface area contributed by atoms with Crippen molar-refractivity contribution < 1.29 is 9.53 Å². The van der Waals surface area contributed by atoms with Crippen LogP contribution in [-0.4, -0.2) is 16.7 Å². The van der Waals surface area contributed by atoms with E-state index in [-0.39, 0.29) is 0 Å². The number of hydrogen-bond donors (Lipinski definition) is 1. The minimum Gasteiger partial charge on any atom is -0.444 e. The Morgan fingerprint density at radius 2 is 2.25 bits per heavy atom. The fraction of sp³-hybridized carbons (Fsp3) is 0.455. The average Bonchev–Trinajstić information content (AvgIpc) is 2.14. The van der Waals surface area contributed by atoms with Crippen LogP contribution in [0.15, 0.2) is 18.3 Å². The second kappa shape index (κ2) is 5.47. The highest BCUT2D eigenvalue weighted by Gasteiger charge is 2.15. The number of rotatable bonds is 2. The quantitative estimate of drug-likeness (QED) is 0.846. The van der Waals surface area contributed by atoms with E-state index in [1.165, 1.54) is 0 Å². The van der Waals surface area contributed by atoms with Crippen molar-refractivity contribution in [2.24, 2.45) is 0 Å². The molecule has 1 amide bonds. The monoisotopic (exact) mass is 334 g/mol. The molecule has 0 saturated heterocycles. The summed E-state index contributed by atoms with van der Waals surface area (Å²) in [6, 6.07) is 3.80. The molecule has 0 unspecified atom stereocenters. The molecule has 0 aliphatic carbocycles. The van der Waals surface area contributed by atoms with E-state index >= 15 is 0 Å². The van der Waals surface area contributed by atoms with E-state index in [9.17, 15) is 4.79 Å². The van der Waals surface area contributed by atoms with E-state index in [1.54, 1.807) is 6.20 Å². The molecule has 0 saturated carbocycles. The van der Waals surface area contributed by atoms with Gasteiger partial charge in [-0.25, -0.2) is 4.79 Å².